The molecule has 0 aliphatic heterocycles. The van der Waals surface area contributed by atoms with E-state index in [0.717, 1.165) is 24.3 Å². The van der Waals surface area contributed by atoms with Crippen LogP contribution in [0.5, 0.6) is 0 Å². The van der Waals surface area contributed by atoms with Gasteiger partial charge < -0.3 is 24.7 Å². The van der Waals surface area contributed by atoms with Crippen molar-refractivity contribution in [1.82, 2.24) is 0 Å². The Hall–Kier alpha value is -1.92. The third-order valence-electron chi connectivity index (χ3n) is 3.25. The van der Waals surface area contributed by atoms with Crippen molar-refractivity contribution in [2.24, 2.45) is 5.73 Å². The van der Waals surface area contributed by atoms with Crippen molar-refractivity contribution < 1.29 is 23.8 Å². The summed E-state index contributed by atoms with van der Waals surface area (Å²) < 4.78 is 14.8. The van der Waals surface area contributed by atoms with Gasteiger partial charge in [-0.1, -0.05) is 38.5 Å². The van der Waals surface area contributed by atoms with Crippen molar-refractivity contribution in [3.63, 3.8) is 0 Å². The molecule has 0 radical (unpaired) electrons. The van der Waals surface area contributed by atoms with Gasteiger partial charge in [0.2, 0.25) is 0 Å². The summed E-state index contributed by atoms with van der Waals surface area (Å²) >= 11 is 0. The van der Waals surface area contributed by atoms with E-state index in [1.165, 1.54) is 25.5 Å². The number of hydrogen-bond donors (Lipinski definition) is 1. The van der Waals surface area contributed by atoms with Crippen molar-refractivity contribution >= 4 is 12.8 Å². The van der Waals surface area contributed by atoms with Crippen molar-refractivity contribution in [2.45, 2.75) is 73.8 Å². The summed E-state index contributed by atoms with van der Waals surface area (Å²) in [5.41, 5.74) is 7.51. The molecule has 0 aliphatic rings. The fourth-order valence-electron chi connectivity index (χ4n) is 1.70. The molecule has 0 amide bonds. The fourth-order valence-corrected chi connectivity index (χ4v) is 1.70. The molecule has 1 atom stereocenters. The Morgan fingerprint density at radius 1 is 1.10 bits per heavy atom. The zero-order valence-corrected chi connectivity index (χ0v) is 20.2. The molecule has 172 valence electrons. The van der Waals surface area contributed by atoms with Crippen molar-refractivity contribution in [3.05, 3.63) is 35.1 Å². The predicted molar refractivity (Wildman–Crippen MR) is 123 cm³/mol. The van der Waals surface area contributed by atoms with Crippen LogP contribution in [0.1, 0.15) is 67.7 Å². The first-order chi connectivity index (χ1) is 13.8. The van der Waals surface area contributed by atoms with Crippen LogP contribution in [0, 0.1) is 0 Å². The van der Waals surface area contributed by atoms with Gasteiger partial charge in [-0.25, -0.2) is 4.79 Å². The molecule has 0 aromatic heterocycles. The second kappa shape index (κ2) is 28.3. The number of allylic oxidation sites excluding steroid dienone is 5. The van der Waals surface area contributed by atoms with Gasteiger partial charge in [0, 0.05) is 7.11 Å². The Morgan fingerprint density at radius 2 is 1.66 bits per heavy atom. The molecule has 0 heterocycles. The molecule has 0 unspecified atom stereocenters. The zero-order valence-electron chi connectivity index (χ0n) is 20.2. The van der Waals surface area contributed by atoms with E-state index in [4.69, 9.17) is 24.7 Å². The lowest BCUT2D eigenvalue weighted by Gasteiger charge is -2.07. The van der Waals surface area contributed by atoms with Crippen LogP contribution in [0.25, 0.3) is 0 Å². The van der Waals surface area contributed by atoms with Crippen LogP contribution in [0.2, 0.25) is 0 Å². The van der Waals surface area contributed by atoms with Gasteiger partial charge in [-0.2, -0.15) is 0 Å². The highest BCUT2D eigenvalue weighted by molar-refractivity contribution is 5.74. The van der Waals surface area contributed by atoms with Crippen LogP contribution >= 0.6 is 0 Å². The molecule has 29 heavy (non-hydrogen) atoms. The summed E-state index contributed by atoms with van der Waals surface area (Å²) in [5, 5.41) is 0. The maximum absolute atomic E-state index is 10.8. The number of nitrogens with two attached hydrogens (primary N) is 1. The number of esters is 1. The van der Waals surface area contributed by atoms with Gasteiger partial charge in [0.15, 0.2) is 6.10 Å². The summed E-state index contributed by atoms with van der Waals surface area (Å²) in [6.45, 7) is 17.2. The Kier molecular flexibility index (Phi) is 33.7. The van der Waals surface area contributed by atoms with E-state index in [1.54, 1.807) is 14.0 Å². The molecular weight excluding hydrogens is 370 g/mol. The van der Waals surface area contributed by atoms with Crippen LogP contribution in [0.3, 0.4) is 0 Å². The third-order valence-corrected chi connectivity index (χ3v) is 3.25. The van der Waals surface area contributed by atoms with Crippen LogP contribution in [0.4, 0.5) is 0 Å². The Labute approximate surface area is 179 Å². The van der Waals surface area contributed by atoms with Gasteiger partial charge in [-0.05, 0) is 65.2 Å². The van der Waals surface area contributed by atoms with Crippen LogP contribution in [-0.2, 0) is 23.8 Å². The smallest absolute Gasteiger partial charge is 0.334 e. The molecular formula is C23H45NO5. The summed E-state index contributed by atoms with van der Waals surface area (Å²) in [4.78, 5) is 18.8. The molecule has 0 saturated carbocycles. The summed E-state index contributed by atoms with van der Waals surface area (Å²) in [5.74, 6) is 0.692. The zero-order chi connectivity index (χ0) is 23.7. The fraction of sp³-hybridized carbons (Fsp3) is 0.652. The van der Waals surface area contributed by atoms with Crippen molar-refractivity contribution in [3.8, 4) is 0 Å². The van der Waals surface area contributed by atoms with Gasteiger partial charge in [0.25, 0.3) is 0 Å². The quantitative estimate of drug-likeness (QED) is 0.324. The molecule has 0 aliphatic carbocycles. The molecule has 0 aromatic carbocycles. The van der Waals surface area contributed by atoms with Gasteiger partial charge in [-0.15, -0.1) is 0 Å². The van der Waals surface area contributed by atoms with E-state index in [2.05, 4.69) is 6.92 Å². The van der Waals surface area contributed by atoms with E-state index in [9.17, 15) is 4.79 Å². The largest absolute Gasteiger partial charge is 0.497 e. The SMILES string of the molecule is C/C=C\C=C(\C)C(OC)=C(C)C.C=O.CCCCN.CCCOC(=O)[C@H](C)OC. The van der Waals surface area contributed by atoms with Crippen LogP contribution in [0.15, 0.2) is 35.1 Å². The van der Waals surface area contributed by atoms with Crippen molar-refractivity contribution in [1.29, 1.82) is 0 Å². The lowest BCUT2D eigenvalue weighted by molar-refractivity contribution is -0.154. The Morgan fingerprint density at radius 3 is 1.93 bits per heavy atom. The van der Waals surface area contributed by atoms with Crippen LogP contribution < -0.4 is 5.73 Å². The molecule has 2 N–H and O–H groups in total. The van der Waals surface area contributed by atoms with Gasteiger partial charge in [-0.3, -0.25) is 0 Å². The molecule has 0 fully saturated rings. The molecule has 0 bridgehead atoms. The highest BCUT2D eigenvalue weighted by Gasteiger charge is 2.11. The number of rotatable bonds is 9. The molecule has 0 rings (SSSR count). The highest BCUT2D eigenvalue weighted by atomic mass is 16.6. The standard InChI is InChI=1S/C11H18O.C7H14O3.C4H11N.CH2O/c1-6-7-8-10(4)11(12-5)9(2)3;1-4-5-10-7(8)6(2)9-3;1-2-3-4-5;1-2/h6-8H,1-5H3;6H,4-5H2,1-3H3;2-5H2,1H3;1H2/b7-6-,10-8-;;;/t;6-;;/m.0../s1. The average molecular weight is 416 g/mol. The summed E-state index contributed by atoms with van der Waals surface area (Å²) in [7, 11) is 3.19. The Balaban J connectivity index is -0.000000166. The molecule has 0 saturated heterocycles. The topological polar surface area (TPSA) is 87.9 Å². The van der Waals surface area contributed by atoms with Gasteiger partial charge in [0.05, 0.1) is 13.7 Å². The third kappa shape index (κ3) is 26.1. The summed E-state index contributed by atoms with van der Waals surface area (Å²) in [6, 6.07) is 0. The Bertz CT molecular complexity index is 450. The van der Waals surface area contributed by atoms with E-state index >= 15 is 0 Å². The molecule has 6 heteroatoms. The molecule has 0 aromatic rings. The minimum absolute atomic E-state index is 0.288. The van der Waals surface area contributed by atoms with E-state index < -0.39 is 6.10 Å². The average Bonchev–Trinajstić information content (AvgIpc) is 2.73. The van der Waals surface area contributed by atoms with Crippen molar-refractivity contribution in [2.75, 3.05) is 27.4 Å². The predicted octanol–water partition coefficient (Wildman–Crippen LogP) is 4.98. The van der Waals surface area contributed by atoms with Gasteiger partial charge >= 0.3 is 5.97 Å². The maximum Gasteiger partial charge on any atom is 0.334 e. The lowest BCUT2D eigenvalue weighted by Crippen LogP contribution is -2.21. The lowest BCUT2D eigenvalue weighted by atomic mass is 10.1. The maximum atomic E-state index is 10.8. The van der Waals surface area contributed by atoms with E-state index in [1.807, 2.05) is 59.6 Å². The number of carbonyl (C=O) groups is 2. The summed E-state index contributed by atoms with van der Waals surface area (Å²) in [6.07, 6.45) is 8.86. The first-order valence-electron chi connectivity index (χ1n) is 9.96. The number of ether oxygens (including phenoxy) is 3. The van der Waals surface area contributed by atoms with Gasteiger partial charge in [0.1, 0.15) is 12.5 Å². The molecule has 0 spiro atoms. The molecule has 6 nitrogen and oxygen atoms in total. The van der Waals surface area contributed by atoms with E-state index in [-0.39, 0.29) is 5.97 Å². The second-order valence-corrected chi connectivity index (χ2v) is 6.10. The first-order valence-corrected chi connectivity index (χ1v) is 9.96. The first kappa shape index (κ1) is 34.6. The number of hydrogen-bond acceptors (Lipinski definition) is 6. The number of unbranched alkanes of at least 4 members (excludes halogenated alkanes) is 1. The number of carbonyl (C=O) groups excluding carboxylic acids is 2. The van der Waals surface area contributed by atoms with E-state index in [0.29, 0.717) is 6.61 Å². The number of methoxy groups -OCH3 is 2. The normalized spacial score (nSPS) is 10.9. The highest BCUT2D eigenvalue weighted by Crippen LogP contribution is 2.14. The van der Waals surface area contributed by atoms with Crippen LogP contribution in [-0.4, -0.2) is 46.2 Å². The minimum atomic E-state index is -0.438. The second-order valence-electron chi connectivity index (χ2n) is 6.10. The monoisotopic (exact) mass is 415 g/mol. The minimum Gasteiger partial charge on any atom is -0.497 e.